The number of rotatable bonds is 2. The largest absolute Gasteiger partial charge is 0.439 e. The molecular formula is C8H15N3O2. The van der Waals surface area contributed by atoms with Crippen molar-refractivity contribution in [3.8, 4) is 0 Å². The van der Waals surface area contributed by atoms with Crippen LogP contribution in [0.1, 0.15) is 6.42 Å². The predicted molar refractivity (Wildman–Crippen MR) is 47.3 cm³/mol. The molecule has 2 rings (SSSR count). The minimum absolute atomic E-state index is 0.214. The van der Waals surface area contributed by atoms with Gasteiger partial charge in [-0.25, -0.2) is 4.79 Å². The van der Waals surface area contributed by atoms with Gasteiger partial charge in [0.05, 0.1) is 6.54 Å². The number of nitrogens with one attached hydrogen (secondary N) is 1. The van der Waals surface area contributed by atoms with Crippen LogP contribution in [-0.4, -0.2) is 49.3 Å². The third kappa shape index (κ3) is 1.49. The fourth-order valence-electron chi connectivity index (χ4n) is 1.96. The van der Waals surface area contributed by atoms with Gasteiger partial charge in [0.25, 0.3) is 0 Å². The van der Waals surface area contributed by atoms with E-state index in [1.165, 1.54) is 0 Å². The van der Waals surface area contributed by atoms with Crippen molar-refractivity contribution in [3.05, 3.63) is 0 Å². The lowest BCUT2D eigenvalue weighted by molar-refractivity contribution is 0.0728. The van der Waals surface area contributed by atoms with Crippen molar-refractivity contribution < 1.29 is 9.53 Å². The highest BCUT2D eigenvalue weighted by Gasteiger charge is 2.46. The summed E-state index contributed by atoms with van der Waals surface area (Å²) in [6.07, 6.45) is 0.703. The van der Waals surface area contributed by atoms with Gasteiger partial charge < -0.3 is 20.7 Å². The molecular weight excluding hydrogens is 170 g/mol. The zero-order chi connectivity index (χ0) is 9.31. The normalized spacial score (nSPS) is 33.0. The lowest BCUT2D eigenvalue weighted by Gasteiger charge is -2.18. The second-order valence-corrected chi connectivity index (χ2v) is 3.69. The molecule has 0 saturated carbocycles. The number of carbonyl (C=O) groups excluding carboxylic acids is 1. The Kier molecular flexibility index (Phi) is 2.13. The number of nitrogens with two attached hydrogens (primary N) is 1. The van der Waals surface area contributed by atoms with Gasteiger partial charge >= 0.3 is 6.09 Å². The summed E-state index contributed by atoms with van der Waals surface area (Å²) < 4.78 is 5.34. The van der Waals surface area contributed by atoms with E-state index >= 15 is 0 Å². The molecule has 5 heteroatoms. The van der Waals surface area contributed by atoms with Gasteiger partial charge in [-0.3, -0.25) is 0 Å². The van der Waals surface area contributed by atoms with E-state index in [0.717, 1.165) is 19.5 Å². The fraction of sp³-hybridized carbons (Fsp3) is 0.875. The van der Waals surface area contributed by atoms with Crippen molar-refractivity contribution in [1.82, 2.24) is 10.2 Å². The number of hydrogen-bond acceptors (Lipinski definition) is 4. The first kappa shape index (κ1) is 8.77. The van der Waals surface area contributed by atoms with Crippen molar-refractivity contribution in [3.63, 3.8) is 0 Å². The Hall–Kier alpha value is -0.810. The molecule has 2 saturated heterocycles. The van der Waals surface area contributed by atoms with Gasteiger partial charge in [0.15, 0.2) is 0 Å². The summed E-state index contributed by atoms with van der Waals surface area (Å²) in [7, 11) is 0. The van der Waals surface area contributed by atoms with Crippen LogP contribution in [-0.2, 0) is 4.74 Å². The second-order valence-electron chi connectivity index (χ2n) is 3.69. The van der Waals surface area contributed by atoms with E-state index in [9.17, 15) is 4.79 Å². The van der Waals surface area contributed by atoms with Crippen LogP contribution in [0.4, 0.5) is 4.79 Å². The van der Waals surface area contributed by atoms with E-state index in [1.54, 1.807) is 4.90 Å². The summed E-state index contributed by atoms with van der Waals surface area (Å²) in [6.45, 7) is 3.50. The smallest absolute Gasteiger partial charge is 0.410 e. The second kappa shape index (κ2) is 3.16. The highest BCUT2D eigenvalue weighted by Crippen LogP contribution is 2.27. The number of carbonyl (C=O) groups is 1. The Balaban J connectivity index is 2.01. The molecule has 2 fully saturated rings. The third-order valence-electron chi connectivity index (χ3n) is 2.64. The van der Waals surface area contributed by atoms with E-state index in [4.69, 9.17) is 10.5 Å². The standard InChI is InChI=1S/C8H15N3O2/c9-2-4-11-6-8(13-7(11)12)1-3-10-5-8/h10H,1-6,9H2. The first-order chi connectivity index (χ1) is 6.26. The molecule has 2 aliphatic rings. The molecule has 2 aliphatic heterocycles. The number of amides is 1. The number of nitrogens with zero attached hydrogens (tertiary/aromatic N) is 1. The molecule has 1 unspecified atom stereocenters. The average Bonchev–Trinajstić information content (AvgIpc) is 2.63. The van der Waals surface area contributed by atoms with E-state index in [-0.39, 0.29) is 11.7 Å². The zero-order valence-electron chi connectivity index (χ0n) is 7.58. The van der Waals surface area contributed by atoms with Crippen molar-refractivity contribution in [2.45, 2.75) is 12.0 Å². The molecule has 0 aliphatic carbocycles. The maximum atomic E-state index is 11.3. The number of ether oxygens (including phenoxy) is 1. The van der Waals surface area contributed by atoms with Crippen LogP contribution in [0, 0.1) is 0 Å². The molecule has 3 N–H and O–H groups in total. The molecule has 1 amide bonds. The van der Waals surface area contributed by atoms with E-state index in [1.807, 2.05) is 0 Å². The molecule has 2 heterocycles. The van der Waals surface area contributed by atoms with Gasteiger partial charge in [-0.1, -0.05) is 0 Å². The van der Waals surface area contributed by atoms with Gasteiger partial charge in [-0.2, -0.15) is 0 Å². The maximum Gasteiger partial charge on any atom is 0.410 e. The van der Waals surface area contributed by atoms with E-state index in [0.29, 0.717) is 19.6 Å². The first-order valence-electron chi connectivity index (χ1n) is 4.64. The van der Waals surface area contributed by atoms with Gasteiger partial charge in [0, 0.05) is 26.1 Å². The SMILES string of the molecule is NCCN1CC2(CCNC2)OC1=O. The van der Waals surface area contributed by atoms with Crippen LogP contribution in [0.2, 0.25) is 0 Å². The van der Waals surface area contributed by atoms with Gasteiger partial charge in [0.1, 0.15) is 5.60 Å². The topological polar surface area (TPSA) is 67.6 Å². The summed E-state index contributed by atoms with van der Waals surface area (Å²) in [5, 5.41) is 3.20. The summed E-state index contributed by atoms with van der Waals surface area (Å²) in [5.41, 5.74) is 5.13. The van der Waals surface area contributed by atoms with Crippen molar-refractivity contribution >= 4 is 6.09 Å². The maximum absolute atomic E-state index is 11.3. The van der Waals surface area contributed by atoms with Crippen LogP contribution >= 0.6 is 0 Å². The first-order valence-corrected chi connectivity index (χ1v) is 4.64. The molecule has 13 heavy (non-hydrogen) atoms. The van der Waals surface area contributed by atoms with Crippen LogP contribution < -0.4 is 11.1 Å². The molecule has 0 aromatic heterocycles. The fourth-order valence-corrected chi connectivity index (χ4v) is 1.96. The Bertz CT molecular complexity index is 213. The molecule has 5 nitrogen and oxygen atoms in total. The Labute approximate surface area is 77.2 Å². The molecule has 1 spiro atoms. The summed E-state index contributed by atoms with van der Waals surface area (Å²) >= 11 is 0. The minimum atomic E-state index is -0.258. The predicted octanol–water partition coefficient (Wildman–Crippen LogP) is -0.871. The average molecular weight is 185 g/mol. The lowest BCUT2D eigenvalue weighted by Crippen LogP contribution is -2.37. The molecule has 74 valence electrons. The van der Waals surface area contributed by atoms with Crippen LogP contribution in [0.25, 0.3) is 0 Å². The zero-order valence-corrected chi connectivity index (χ0v) is 7.58. The van der Waals surface area contributed by atoms with Crippen molar-refractivity contribution in [2.24, 2.45) is 5.73 Å². The Morgan fingerprint density at radius 3 is 3.15 bits per heavy atom. The monoisotopic (exact) mass is 185 g/mol. The third-order valence-corrected chi connectivity index (χ3v) is 2.64. The van der Waals surface area contributed by atoms with Crippen LogP contribution in [0.3, 0.4) is 0 Å². The van der Waals surface area contributed by atoms with Crippen molar-refractivity contribution in [1.29, 1.82) is 0 Å². The summed E-state index contributed by atoms with van der Waals surface area (Å²) in [4.78, 5) is 13.0. The molecule has 0 aromatic rings. The van der Waals surface area contributed by atoms with Gasteiger partial charge in [-0.15, -0.1) is 0 Å². The Morgan fingerprint density at radius 1 is 1.69 bits per heavy atom. The summed E-state index contributed by atoms with van der Waals surface area (Å²) in [6, 6.07) is 0. The van der Waals surface area contributed by atoms with Gasteiger partial charge in [0.2, 0.25) is 0 Å². The molecule has 1 atom stereocenters. The summed E-state index contributed by atoms with van der Waals surface area (Å²) in [5.74, 6) is 0. The highest BCUT2D eigenvalue weighted by molar-refractivity contribution is 5.70. The number of hydrogen-bond donors (Lipinski definition) is 2. The van der Waals surface area contributed by atoms with Crippen molar-refractivity contribution in [2.75, 3.05) is 32.7 Å². The van der Waals surface area contributed by atoms with Crippen LogP contribution in [0.5, 0.6) is 0 Å². The molecule has 0 bridgehead atoms. The molecule has 0 aromatic carbocycles. The minimum Gasteiger partial charge on any atom is -0.439 e. The Morgan fingerprint density at radius 2 is 2.54 bits per heavy atom. The lowest BCUT2D eigenvalue weighted by atomic mass is 10.0. The van der Waals surface area contributed by atoms with Gasteiger partial charge in [-0.05, 0) is 6.54 Å². The quantitative estimate of drug-likeness (QED) is 0.587. The molecule has 0 radical (unpaired) electrons. The van der Waals surface area contributed by atoms with E-state index in [2.05, 4.69) is 5.32 Å². The van der Waals surface area contributed by atoms with E-state index < -0.39 is 0 Å². The highest BCUT2D eigenvalue weighted by atomic mass is 16.6. The van der Waals surface area contributed by atoms with Crippen LogP contribution in [0.15, 0.2) is 0 Å².